The number of carbonyl (C=O) groups is 1. The van der Waals surface area contributed by atoms with Crippen LogP contribution in [0, 0.1) is 0 Å². The summed E-state index contributed by atoms with van der Waals surface area (Å²) in [6, 6.07) is 5.38. The Balaban J connectivity index is 2.85. The van der Waals surface area contributed by atoms with Crippen LogP contribution in [0.15, 0.2) is 18.2 Å². The lowest BCUT2D eigenvalue weighted by atomic mass is 10.0. The average molecular weight is 304 g/mol. The zero-order chi connectivity index (χ0) is 14.6. The van der Waals surface area contributed by atoms with Crippen LogP contribution in [0.2, 0.25) is 10.0 Å². The molecule has 1 aromatic rings. The standard InChI is InChI=1S/C14H19Cl2NO2/c1-14(2,3)17(7-6-13(18)19)9-10-4-5-11(15)8-12(10)16/h4-5,8H,6-7,9H2,1-3H3,(H,18,19). The number of aliphatic carboxylic acids is 1. The van der Waals surface area contributed by atoms with Crippen LogP contribution in [-0.2, 0) is 11.3 Å². The number of hydrogen-bond donors (Lipinski definition) is 1. The molecule has 1 rings (SSSR count). The third-order valence-corrected chi connectivity index (χ3v) is 3.51. The van der Waals surface area contributed by atoms with E-state index in [-0.39, 0.29) is 12.0 Å². The van der Waals surface area contributed by atoms with E-state index in [2.05, 4.69) is 25.7 Å². The van der Waals surface area contributed by atoms with Gasteiger partial charge in [0.15, 0.2) is 0 Å². The van der Waals surface area contributed by atoms with Gasteiger partial charge < -0.3 is 5.11 Å². The normalized spacial score (nSPS) is 11.9. The van der Waals surface area contributed by atoms with Crippen molar-refractivity contribution < 1.29 is 9.90 Å². The summed E-state index contributed by atoms with van der Waals surface area (Å²) in [7, 11) is 0. The molecule has 0 unspecified atom stereocenters. The molecule has 0 amide bonds. The van der Waals surface area contributed by atoms with Gasteiger partial charge in [0.05, 0.1) is 6.42 Å². The van der Waals surface area contributed by atoms with Crippen LogP contribution in [0.25, 0.3) is 0 Å². The molecule has 0 saturated heterocycles. The molecule has 19 heavy (non-hydrogen) atoms. The monoisotopic (exact) mass is 303 g/mol. The lowest BCUT2D eigenvalue weighted by molar-refractivity contribution is -0.137. The van der Waals surface area contributed by atoms with Crippen molar-refractivity contribution in [1.29, 1.82) is 0 Å². The van der Waals surface area contributed by atoms with Crippen LogP contribution in [-0.4, -0.2) is 28.1 Å². The highest BCUT2D eigenvalue weighted by atomic mass is 35.5. The van der Waals surface area contributed by atoms with Crippen LogP contribution in [0.5, 0.6) is 0 Å². The summed E-state index contributed by atoms with van der Waals surface area (Å²) in [5.74, 6) is -0.795. The van der Waals surface area contributed by atoms with Gasteiger partial charge in [0.25, 0.3) is 0 Å². The molecular formula is C14H19Cl2NO2. The molecule has 0 bridgehead atoms. The molecule has 3 nitrogen and oxygen atoms in total. The van der Waals surface area contributed by atoms with Crippen LogP contribution < -0.4 is 0 Å². The fourth-order valence-electron chi connectivity index (χ4n) is 1.74. The molecule has 0 aromatic heterocycles. The van der Waals surface area contributed by atoms with Gasteiger partial charge in [-0.3, -0.25) is 9.69 Å². The Morgan fingerprint density at radius 1 is 1.32 bits per heavy atom. The maximum Gasteiger partial charge on any atom is 0.304 e. The van der Waals surface area contributed by atoms with E-state index in [4.69, 9.17) is 28.3 Å². The number of rotatable bonds is 5. The van der Waals surface area contributed by atoms with E-state index >= 15 is 0 Å². The largest absolute Gasteiger partial charge is 0.481 e. The average Bonchev–Trinajstić information content (AvgIpc) is 2.24. The first-order valence-electron chi connectivity index (χ1n) is 6.11. The van der Waals surface area contributed by atoms with E-state index in [1.807, 2.05) is 6.07 Å². The molecule has 0 spiro atoms. The van der Waals surface area contributed by atoms with Crippen LogP contribution in [0.1, 0.15) is 32.8 Å². The number of carboxylic acids is 1. The zero-order valence-corrected chi connectivity index (χ0v) is 12.9. The Morgan fingerprint density at radius 2 is 1.95 bits per heavy atom. The van der Waals surface area contributed by atoms with Gasteiger partial charge >= 0.3 is 5.97 Å². The second-order valence-electron chi connectivity index (χ2n) is 5.47. The Kier molecular flexibility index (Phi) is 5.65. The highest BCUT2D eigenvalue weighted by molar-refractivity contribution is 6.35. The number of benzene rings is 1. The van der Waals surface area contributed by atoms with Crippen molar-refractivity contribution >= 4 is 29.2 Å². The first-order chi connectivity index (χ1) is 8.70. The minimum atomic E-state index is -0.795. The summed E-state index contributed by atoms with van der Waals surface area (Å²) in [6.07, 6.45) is 0.114. The van der Waals surface area contributed by atoms with Gasteiger partial charge in [0, 0.05) is 28.7 Å². The summed E-state index contributed by atoms with van der Waals surface area (Å²) < 4.78 is 0. The third kappa shape index (κ3) is 5.39. The molecule has 1 aromatic carbocycles. The number of carboxylic acid groups (broad SMARTS) is 1. The summed E-state index contributed by atoms with van der Waals surface area (Å²) in [5.41, 5.74) is 0.824. The van der Waals surface area contributed by atoms with Gasteiger partial charge in [-0.2, -0.15) is 0 Å². The van der Waals surface area contributed by atoms with Gasteiger partial charge in [0.2, 0.25) is 0 Å². The van der Waals surface area contributed by atoms with E-state index in [1.54, 1.807) is 12.1 Å². The molecule has 0 aliphatic rings. The Hall–Kier alpha value is -0.770. The van der Waals surface area contributed by atoms with E-state index in [0.717, 1.165) is 5.56 Å². The molecule has 1 N–H and O–H groups in total. The van der Waals surface area contributed by atoms with Crippen molar-refractivity contribution in [2.45, 2.75) is 39.3 Å². The molecule has 5 heteroatoms. The molecule has 0 aliphatic carbocycles. The maximum atomic E-state index is 10.7. The predicted octanol–water partition coefficient (Wildman–Crippen LogP) is 4.07. The fourth-order valence-corrected chi connectivity index (χ4v) is 2.21. The molecular weight excluding hydrogens is 285 g/mol. The zero-order valence-electron chi connectivity index (χ0n) is 11.4. The summed E-state index contributed by atoms with van der Waals surface area (Å²) >= 11 is 12.0. The fraction of sp³-hybridized carbons (Fsp3) is 0.500. The smallest absolute Gasteiger partial charge is 0.304 e. The second kappa shape index (κ2) is 6.60. The van der Waals surface area contributed by atoms with E-state index in [0.29, 0.717) is 23.1 Å². The maximum absolute atomic E-state index is 10.7. The molecule has 0 fully saturated rings. The quantitative estimate of drug-likeness (QED) is 0.891. The molecule has 106 valence electrons. The van der Waals surface area contributed by atoms with E-state index in [1.165, 1.54) is 0 Å². The van der Waals surface area contributed by atoms with Crippen molar-refractivity contribution in [2.24, 2.45) is 0 Å². The molecule has 0 atom stereocenters. The second-order valence-corrected chi connectivity index (χ2v) is 6.32. The summed E-state index contributed by atoms with van der Waals surface area (Å²) in [6.45, 7) is 7.25. The van der Waals surface area contributed by atoms with Crippen LogP contribution >= 0.6 is 23.2 Å². The highest BCUT2D eigenvalue weighted by Crippen LogP contribution is 2.25. The first-order valence-corrected chi connectivity index (χ1v) is 6.86. The van der Waals surface area contributed by atoms with Gasteiger partial charge in [-0.05, 0) is 38.5 Å². The van der Waals surface area contributed by atoms with E-state index < -0.39 is 5.97 Å². The highest BCUT2D eigenvalue weighted by Gasteiger charge is 2.22. The van der Waals surface area contributed by atoms with Crippen molar-refractivity contribution in [3.63, 3.8) is 0 Å². The minimum absolute atomic E-state index is 0.114. The Morgan fingerprint density at radius 3 is 2.42 bits per heavy atom. The van der Waals surface area contributed by atoms with Crippen molar-refractivity contribution in [3.05, 3.63) is 33.8 Å². The number of nitrogens with zero attached hydrogens (tertiary/aromatic N) is 1. The van der Waals surface area contributed by atoms with Crippen molar-refractivity contribution in [2.75, 3.05) is 6.54 Å². The SMILES string of the molecule is CC(C)(C)N(CCC(=O)O)Cc1ccc(Cl)cc1Cl. The number of hydrogen-bond acceptors (Lipinski definition) is 2. The molecule has 0 radical (unpaired) electrons. The Bertz CT molecular complexity index is 455. The Labute approximate surface area is 124 Å². The van der Waals surface area contributed by atoms with Gasteiger partial charge in [-0.15, -0.1) is 0 Å². The lowest BCUT2D eigenvalue weighted by Crippen LogP contribution is -2.42. The summed E-state index contributed by atoms with van der Waals surface area (Å²) in [5, 5.41) is 10.0. The van der Waals surface area contributed by atoms with Crippen molar-refractivity contribution in [3.8, 4) is 0 Å². The summed E-state index contributed by atoms with van der Waals surface area (Å²) in [4.78, 5) is 12.8. The predicted molar refractivity (Wildman–Crippen MR) is 78.9 cm³/mol. The van der Waals surface area contributed by atoms with Gasteiger partial charge in [-0.25, -0.2) is 0 Å². The molecule has 0 aliphatic heterocycles. The topological polar surface area (TPSA) is 40.5 Å². The number of halogens is 2. The van der Waals surface area contributed by atoms with Crippen molar-refractivity contribution in [1.82, 2.24) is 4.90 Å². The first kappa shape index (κ1) is 16.3. The molecule has 0 heterocycles. The molecule has 0 saturated carbocycles. The van der Waals surface area contributed by atoms with Gasteiger partial charge in [-0.1, -0.05) is 29.3 Å². The lowest BCUT2D eigenvalue weighted by Gasteiger charge is -2.35. The van der Waals surface area contributed by atoms with Crippen LogP contribution in [0.4, 0.5) is 0 Å². The van der Waals surface area contributed by atoms with Crippen LogP contribution in [0.3, 0.4) is 0 Å². The minimum Gasteiger partial charge on any atom is -0.481 e. The third-order valence-electron chi connectivity index (χ3n) is 2.92. The van der Waals surface area contributed by atoms with E-state index in [9.17, 15) is 4.79 Å². The van der Waals surface area contributed by atoms with Gasteiger partial charge in [0.1, 0.15) is 0 Å².